The summed E-state index contributed by atoms with van der Waals surface area (Å²) in [6.45, 7) is 0.808. The minimum atomic E-state index is -4.23. The maximum Gasteiger partial charge on any atom is 0.246 e. The van der Waals surface area contributed by atoms with Crippen molar-refractivity contribution in [3.8, 4) is 0 Å². The number of halogens is 2. The van der Waals surface area contributed by atoms with Crippen LogP contribution in [0.1, 0.15) is 11.4 Å². The van der Waals surface area contributed by atoms with Gasteiger partial charge in [-0.2, -0.15) is 4.31 Å². The Labute approximate surface area is 132 Å². The molecule has 0 spiro atoms. The lowest BCUT2D eigenvalue weighted by atomic mass is 9.96. The molecule has 0 saturated carbocycles. The number of rotatable bonds is 3. The standard InChI is InChI=1S/C14H15F2N3O3S/c1-9-5-11(16)12(6-10(9)15)23(21,22)19-7-14(20,8-19)13-17-3-4-18(13)2/h3-6,20H,7-8H2,1-2H3. The molecule has 0 aliphatic carbocycles. The maximum atomic E-state index is 13.9. The summed E-state index contributed by atoms with van der Waals surface area (Å²) in [5, 5.41) is 10.4. The molecule has 124 valence electrons. The first-order valence-electron chi connectivity index (χ1n) is 6.81. The predicted molar refractivity (Wildman–Crippen MR) is 77.0 cm³/mol. The summed E-state index contributed by atoms with van der Waals surface area (Å²) < 4.78 is 54.8. The van der Waals surface area contributed by atoms with Crippen molar-refractivity contribution in [2.45, 2.75) is 17.4 Å². The van der Waals surface area contributed by atoms with E-state index >= 15 is 0 Å². The molecule has 2 aromatic rings. The van der Waals surface area contributed by atoms with E-state index in [2.05, 4.69) is 4.98 Å². The molecular weight excluding hydrogens is 328 g/mol. The van der Waals surface area contributed by atoms with Crippen LogP contribution in [0.2, 0.25) is 0 Å². The summed E-state index contributed by atoms with van der Waals surface area (Å²) in [6, 6.07) is 1.51. The number of aliphatic hydroxyl groups is 1. The molecule has 0 radical (unpaired) electrons. The van der Waals surface area contributed by atoms with Crippen molar-refractivity contribution in [2.75, 3.05) is 13.1 Å². The van der Waals surface area contributed by atoms with Crippen LogP contribution in [0, 0.1) is 18.6 Å². The van der Waals surface area contributed by atoms with Crippen molar-refractivity contribution >= 4 is 10.0 Å². The molecule has 6 nitrogen and oxygen atoms in total. The van der Waals surface area contributed by atoms with Gasteiger partial charge in [-0.3, -0.25) is 0 Å². The first kappa shape index (κ1) is 16.0. The first-order valence-corrected chi connectivity index (χ1v) is 8.25. The predicted octanol–water partition coefficient (Wildman–Crippen LogP) is 0.899. The third kappa shape index (κ3) is 2.44. The summed E-state index contributed by atoms with van der Waals surface area (Å²) in [5.74, 6) is -1.50. The van der Waals surface area contributed by atoms with E-state index in [0.717, 1.165) is 10.4 Å². The van der Waals surface area contributed by atoms with Crippen LogP contribution in [0.25, 0.3) is 0 Å². The number of β-amino-alcohol motifs (C(OH)–C–C–N with tert-alkyl or cyclic N) is 1. The monoisotopic (exact) mass is 343 g/mol. The Hall–Kier alpha value is -1.84. The van der Waals surface area contributed by atoms with Gasteiger partial charge in [0.05, 0.1) is 13.1 Å². The van der Waals surface area contributed by atoms with Crippen LogP contribution in [-0.2, 0) is 22.7 Å². The third-order valence-electron chi connectivity index (χ3n) is 3.94. The minimum absolute atomic E-state index is 0.0228. The zero-order chi connectivity index (χ0) is 17.0. The average Bonchev–Trinajstić information content (AvgIpc) is 2.85. The van der Waals surface area contributed by atoms with E-state index < -0.39 is 32.2 Å². The van der Waals surface area contributed by atoms with Crippen LogP contribution in [0.15, 0.2) is 29.4 Å². The molecule has 1 aromatic heterocycles. The molecule has 1 aromatic carbocycles. The molecule has 0 bridgehead atoms. The van der Waals surface area contributed by atoms with Gasteiger partial charge in [0.15, 0.2) is 0 Å². The van der Waals surface area contributed by atoms with Gasteiger partial charge < -0.3 is 9.67 Å². The third-order valence-corrected chi connectivity index (χ3v) is 5.75. The van der Waals surface area contributed by atoms with Gasteiger partial charge in [0.1, 0.15) is 28.0 Å². The smallest absolute Gasteiger partial charge is 0.246 e. The molecular formula is C14H15F2N3O3S. The van der Waals surface area contributed by atoms with Crippen LogP contribution < -0.4 is 0 Å². The van der Waals surface area contributed by atoms with Gasteiger partial charge in [0.2, 0.25) is 10.0 Å². The highest BCUT2D eigenvalue weighted by Crippen LogP contribution is 2.35. The molecule has 9 heteroatoms. The van der Waals surface area contributed by atoms with Gasteiger partial charge in [-0.25, -0.2) is 22.2 Å². The number of sulfonamides is 1. The average molecular weight is 343 g/mol. The SMILES string of the molecule is Cc1cc(F)c(S(=O)(=O)N2CC(O)(c3nccn3C)C2)cc1F. The van der Waals surface area contributed by atoms with Crippen molar-refractivity contribution < 1.29 is 22.3 Å². The number of hydrogen-bond donors (Lipinski definition) is 1. The highest BCUT2D eigenvalue weighted by molar-refractivity contribution is 7.89. The molecule has 1 aliphatic rings. The summed E-state index contributed by atoms with van der Waals surface area (Å²) in [4.78, 5) is 3.27. The van der Waals surface area contributed by atoms with Crippen LogP contribution in [0.5, 0.6) is 0 Å². The Morgan fingerprint density at radius 3 is 2.48 bits per heavy atom. The Kier molecular flexibility index (Phi) is 3.54. The van der Waals surface area contributed by atoms with Crippen molar-refractivity contribution in [1.82, 2.24) is 13.9 Å². The molecule has 23 heavy (non-hydrogen) atoms. The van der Waals surface area contributed by atoms with Crippen molar-refractivity contribution in [2.24, 2.45) is 7.05 Å². The van der Waals surface area contributed by atoms with E-state index in [9.17, 15) is 22.3 Å². The van der Waals surface area contributed by atoms with Gasteiger partial charge >= 0.3 is 0 Å². The molecule has 1 saturated heterocycles. The molecule has 2 heterocycles. The number of aromatic nitrogens is 2. The Morgan fingerprint density at radius 2 is 1.91 bits per heavy atom. The van der Waals surface area contributed by atoms with Gasteiger partial charge in [-0.1, -0.05) is 0 Å². The fraction of sp³-hybridized carbons (Fsp3) is 0.357. The van der Waals surface area contributed by atoms with Crippen LogP contribution >= 0.6 is 0 Å². The van der Waals surface area contributed by atoms with Crippen LogP contribution in [-0.4, -0.2) is 40.5 Å². The largest absolute Gasteiger partial charge is 0.379 e. The lowest BCUT2D eigenvalue weighted by Gasteiger charge is -2.44. The minimum Gasteiger partial charge on any atom is -0.379 e. The normalized spacial score (nSPS) is 18.0. The molecule has 3 rings (SSSR count). The Bertz CT molecular complexity index is 873. The number of benzene rings is 1. The summed E-state index contributed by atoms with van der Waals surface area (Å²) in [7, 11) is -2.55. The van der Waals surface area contributed by atoms with Gasteiger partial charge in [0, 0.05) is 19.4 Å². The summed E-state index contributed by atoms with van der Waals surface area (Å²) in [5.41, 5.74) is -1.42. The molecule has 0 unspecified atom stereocenters. The highest BCUT2D eigenvalue weighted by Gasteiger charge is 2.51. The second-order valence-corrected chi connectivity index (χ2v) is 7.60. The second kappa shape index (κ2) is 5.08. The molecule has 1 N–H and O–H groups in total. The van der Waals surface area contributed by atoms with E-state index in [0.29, 0.717) is 11.9 Å². The van der Waals surface area contributed by atoms with Crippen LogP contribution in [0.4, 0.5) is 8.78 Å². The fourth-order valence-corrected chi connectivity index (χ4v) is 4.23. The topological polar surface area (TPSA) is 75.4 Å². The highest BCUT2D eigenvalue weighted by atomic mass is 32.2. The van der Waals surface area contributed by atoms with Gasteiger partial charge in [0.25, 0.3) is 0 Å². The summed E-state index contributed by atoms with van der Waals surface area (Å²) in [6.07, 6.45) is 3.11. The number of aryl methyl sites for hydroxylation is 2. The van der Waals surface area contributed by atoms with E-state index in [-0.39, 0.29) is 18.7 Å². The zero-order valence-corrected chi connectivity index (χ0v) is 13.3. The lowest BCUT2D eigenvalue weighted by Crippen LogP contribution is -2.62. The van der Waals surface area contributed by atoms with E-state index in [1.165, 1.54) is 13.1 Å². The Balaban J connectivity index is 1.90. The maximum absolute atomic E-state index is 13.9. The number of imidazole rings is 1. The van der Waals surface area contributed by atoms with Gasteiger partial charge in [-0.05, 0) is 24.6 Å². The molecule has 1 aliphatic heterocycles. The zero-order valence-electron chi connectivity index (χ0n) is 12.5. The van der Waals surface area contributed by atoms with Crippen molar-refractivity contribution in [1.29, 1.82) is 0 Å². The number of hydrogen-bond acceptors (Lipinski definition) is 4. The van der Waals surface area contributed by atoms with Gasteiger partial charge in [-0.15, -0.1) is 0 Å². The second-order valence-electron chi connectivity index (χ2n) is 5.70. The van der Waals surface area contributed by atoms with E-state index in [1.807, 2.05) is 0 Å². The molecule has 1 fully saturated rings. The van der Waals surface area contributed by atoms with Crippen molar-refractivity contribution in [3.63, 3.8) is 0 Å². The fourth-order valence-electron chi connectivity index (χ4n) is 2.63. The number of nitrogens with zero attached hydrogens (tertiary/aromatic N) is 3. The van der Waals surface area contributed by atoms with E-state index in [4.69, 9.17) is 0 Å². The van der Waals surface area contributed by atoms with Crippen molar-refractivity contribution in [3.05, 3.63) is 47.5 Å². The summed E-state index contributed by atoms with van der Waals surface area (Å²) >= 11 is 0. The molecule has 0 amide bonds. The lowest BCUT2D eigenvalue weighted by molar-refractivity contribution is -0.0736. The quantitative estimate of drug-likeness (QED) is 0.898. The Morgan fingerprint density at radius 1 is 1.26 bits per heavy atom. The molecule has 0 atom stereocenters. The van der Waals surface area contributed by atoms with Crippen LogP contribution in [0.3, 0.4) is 0 Å². The van der Waals surface area contributed by atoms with E-state index in [1.54, 1.807) is 17.8 Å². The first-order chi connectivity index (χ1) is 10.6.